The van der Waals surface area contributed by atoms with Crippen molar-refractivity contribution in [1.29, 1.82) is 0 Å². The van der Waals surface area contributed by atoms with Crippen molar-refractivity contribution in [2.24, 2.45) is 0 Å². The van der Waals surface area contributed by atoms with Crippen molar-refractivity contribution in [1.82, 2.24) is 15.3 Å². The van der Waals surface area contributed by atoms with Gasteiger partial charge in [-0.05, 0) is 12.1 Å². The number of aromatic nitrogens is 2. The van der Waals surface area contributed by atoms with E-state index in [1.54, 1.807) is 12.1 Å². The van der Waals surface area contributed by atoms with Gasteiger partial charge in [0.25, 0.3) is 11.8 Å². The first-order valence-electron chi connectivity index (χ1n) is 5.50. The summed E-state index contributed by atoms with van der Waals surface area (Å²) in [4.78, 5) is 32.6. The number of nitrogens with zero attached hydrogens (tertiary/aromatic N) is 3. The second-order valence-electron chi connectivity index (χ2n) is 3.66. The summed E-state index contributed by atoms with van der Waals surface area (Å²) in [6.45, 7) is 0. The van der Waals surface area contributed by atoms with E-state index in [-0.39, 0.29) is 17.4 Å². The molecule has 98 valence electrons. The van der Waals surface area contributed by atoms with Crippen LogP contribution in [0.3, 0.4) is 0 Å². The molecule has 0 radical (unpaired) electrons. The zero-order valence-electron chi connectivity index (χ0n) is 10.5. The molecule has 0 atom stereocenters. The van der Waals surface area contributed by atoms with E-state index in [0.29, 0.717) is 5.88 Å². The minimum Gasteiger partial charge on any atom is -0.448 e. The summed E-state index contributed by atoms with van der Waals surface area (Å²) in [5.74, 6) is -0.531. The third kappa shape index (κ3) is 2.59. The lowest BCUT2D eigenvalue weighted by molar-refractivity contribution is 0.0956. The third-order valence-electron chi connectivity index (χ3n) is 2.45. The van der Waals surface area contributed by atoms with E-state index in [1.165, 1.54) is 37.5 Å². The van der Waals surface area contributed by atoms with Crippen molar-refractivity contribution in [2.75, 3.05) is 19.0 Å². The Morgan fingerprint density at radius 2 is 2.16 bits per heavy atom. The molecule has 2 aromatic heterocycles. The highest BCUT2D eigenvalue weighted by Gasteiger charge is 2.19. The summed E-state index contributed by atoms with van der Waals surface area (Å²) in [7, 11) is 3.03. The first kappa shape index (κ1) is 12.7. The van der Waals surface area contributed by atoms with Gasteiger partial charge in [0.2, 0.25) is 11.7 Å². The third-order valence-corrected chi connectivity index (χ3v) is 2.45. The Balaban J connectivity index is 2.27. The molecule has 0 fully saturated rings. The Hall–Kier alpha value is -2.70. The molecule has 2 heterocycles. The lowest BCUT2D eigenvalue weighted by atomic mass is 10.3. The molecule has 2 rings (SSSR count). The molecular formula is C12H12N4O3. The van der Waals surface area contributed by atoms with Crippen LogP contribution in [0.1, 0.15) is 21.1 Å². The van der Waals surface area contributed by atoms with E-state index in [4.69, 9.17) is 4.42 Å². The van der Waals surface area contributed by atoms with Crippen molar-refractivity contribution < 1.29 is 14.0 Å². The van der Waals surface area contributed by atoms with Gasteiger partial charge in [-0.3, -0.25) is 14.5 Å². The number of hydrogen-bond acceptors (Lipinski definition) is 5. The zero-order chi connectivity index (χ0) is 13.8. The normalized spacial score (nSPS) is 10.0. The van der Waals surface area contributed by atoms with Crippen LogP contribution >= 0.6 is 0 Å². The topological polar surface area (TPSA) is 88.3 Å². The largest absolute Gasteiger partial charge is 0.448 e. The molecule has 7 nitrogen and oxygen atoms in total. The van der Waals surface area contributed by atoms with Crippen LogP contribution in [0.4, 0.5) is 5.88 Å². The van der Waals surface area contributed by atoms with Crippen LogP contribution in [0.25, 0.3) is 0 Å². The molecule has 0 saturated heterocycles. The van der Waals surface area contributed by atoms with E-state index >= 15 is 0 Å². The lowest BCUT2D eigenvalue weighted by Gasteiger charge is -2.12. The molecule has 0 aliphatic heterocycles. The molecule has 0 aromatic carbocycles. The lowest BCUT2D eigenvalue weighted by Crippen LogP contribution is -2.29. The monoisotopic (exact) mass is 260 g/mol. The Morgan fingerprint density at radius 1 is 1.37 bits per heavy atom. The summed E-state index contributed by atoms with van der Waals surface area (Å²) in [6, 6.07) is 4.74. The van der Waals surface area contributed by atoms with E-state index in [1.807, 2.05) is 0 Å². The fraction of sp³-hybridized carbons (Fsp3) is 0.167. The van der Waals surface area contributed by atoms with Crippen molar-refractivity contribution in [2.45, 2.75) is 0 Å². The maximum atomic E-state index is 12.1. The number of amides is 2. The summed E-state index contributed by atoms with van der Waals surface area (Å²) < 4.78 is 5.11. The highest BCUT2D eigenvalue weighted by molar-refractivity contribution is 6.03. The summed E-state index contributed by atoms with van der Waals surface area (Å²) in [5.41, 5.74) is 0.133. The molecule has 2 amide bonds. The van der Waals surface area contributed by atoms with Crippen LogP contribution in [0.15, 0.2) is 35.1 Å². The summed E-state index contributed by atoms with van der Waals surface area (Å²) in [5, 5.41) is 2.43. The molecule has 0 aliphatic carbocycles. The van der Waals surface area contributed by atoms with Crippen LogP contribution in [0, 0.1) is 0 Å². The van der Waals surface area contributed by atoms with Crippen molar-refractivity contribution in [3.05, 3.63) is 42.2 Å². The Morgan fingerprint density at radius 3 is 2.79 bits per heavy atom. The van der Waals surface area contributed by atoms with Gasteiger partial charge in [0.1, 0.15) is 5.69 Å². The van der Waals surface area contributed by atoms with E-state index < -0.39 is 5.91 Å². The Labute approximate surface area is 109 Å². The van der Waals surface area contributed by atoms with Crippen molar-refractivity contribution >= 4 is 17.7 Å². The predicted molar refractivity (Wildman–Crippen MR) is 66.9 cm³/mol. The number of hydrogen-bond donors (Lipinski definition) is 1. The zero-order valence-corrected chi connectivity index (χ0v) is 10.5. The van der Waals surface area contributed by atoms with Crippen LogP contribution in [0.5, 0.6) is 0 Å². The molecule has 0 bridgehead atoms. The van der Waals surface area contributed by atoms with Gasteiger partial charge in [-0.25, -0.2) is 9.97 Å². The number of nitrogens with one attached hydrogen (secondary N) is 1. The smallest absolute Gasteiger partial charge is 0.298 e. The maximum Gasteiger partial charge on any atom is 0.298 e. The number of carbonyl (C=O) groups excluding carboxylic acids is 2. The van der Waals surface area contributed by atoms with Gasteiger partial charge in [-0.2, -0.15) is 0 Å². The summed E-state index contributed by atoms with van der Waals surface area (Å²) >= 11 is 0. The molecule has 0 unspecified atom stereocenters. The molecule has 1 N–H and O–H groups in total. The average molecular weight is 260 g/mol. The highest BCUT2D eigenvalue weighted by atomic mass is 16.3. The van der Waals surface area contributed by atoms with E-state index in [0.717, 1.165) is 0 Å². The molecule has 2 aromatic rings. The van der Waals surface area contributed by atoms with Gasteiger partial charge in [0.05, 0.1) is 6.26 Å². The molecule has 0 aliphatic rings. The molecule has 0 spiro atoms. The number of anilines is 1. The molecular weight excluding hydrogens is 248 g/mol. The highest BCUT2D eigenvalue weighted by Crippen LogP contribution is 2.14. The molecule has 7 heteroatoms. The molecule has 0 saturated carbocycles. The number of carbonyl (C=O) groups is 2. The van der Waals surface area contributed by atoms with Crippen molar-refractivity contribution in [3.8, 4) is 0 Å². The van der Waals surface area contributed by atoms with Crippen LogP contribution in [-0.2, 0) is 0 Å². The number of rotatable bonds is 3. The fourth-order valence-electron chi connectivity index (χ4n) is 1.43. The minimum atomic E-state index is -0.458. The van der Waals surface area contributed by atoms with Gasteiger partial charge in [-0.15, -0.1) is 0 Å². The standard InChI is InChI=1S/C12H12N4O3/c1-13-11(17)8-5-6-14-10(15-8)12(18)16(2)9-4-3-7-19-9/h3-7H,1-2H3,(H,13,17). The Bertz CT molecular complexity index is 595. The van der Waals surface area contributed by atoms with E-state index in [9.17, 15) is 9.59 Å². The average Bonchev–Trinajstić information content (AvgIpc) is 2.99. The quantitative estimate of drug-likeness (QED) is 0.877. The summed E-state index contributed by atoms with van der Waals surface area (Å²) in [6.07, 6.45) is 2.82. The number of furan rings is 1. The van der Waals surface area contributed by atoms with Crippen LogP contribution in [0.2, 0.25) is 0 Å². The van der Waals surface area contributed by atoms with Crippen LogP contribution in [-0.4, -0.2) is 35.9 Å². The second kappa shape index (κ2) is 5.30. The first-order valence-corrected chi connectivity index (χ1v) is 5.50. The van der Waals surface area contributed by atoms with Gasteiger partial charge in [0.15, 0.2) is 0 Å². The van der Waals surface area contributed by atoms with Gasteiger partial charge in [0, 0.05) is 26.4 Å². The van der Waals surface area contributed by atoms with Crippen LogP contribution < -0.4 is 10.2 Å². The fourth-order valence-corrected chi connectivity index (χ4v) is 1.43. The predicted octanol–water partition coefficient (Wildman–Crippen LogP) is 0.706. The second-order valence-corrected chi connectivity index (χ2v) is 3.66. The van der Waals surface area contributed by atoms with Gasteiger partial charge < -0.3 is 9.73 Å². The first-order chi connectivity index (χ1) is 9.13. The maximum absolute atomic E-state index is 12.1. The Kier molecular flexibility index (Phi) is 3.56. The van der Waals surface area contributed by atoms with Gasteiger partial charge >= 0.3 is 0 Å². The SMILES string of the molecule is CNC(=O)c1ccnc(C(=O)N(C)c2ccco2)n1. The minimum absolute atomic E-state index is 0.0694. The molecule has 19 heavy (non-hydrogen) atoms. The van der Waals surface area contributed by atoms with Crippen molar-refractivity contribution in [3.63, 3.8) is 0 Å². The van der Waals surface area contributed by atoms with E-state index in [2.05, 4.69) is 15.3 Å². The van der Waals surface area contributed by atoms with Gasteiger partial charge in [-0.1, -0.05) is 0 Å².